The molecule has 1 N–H and O–H groups in total. The van der Waals surface area contributed by atoms with Gasteiger partial charge in [0.2, 0.25) is 5.91 Å². The fourth-order valence-corrected chi connectivity index (χ4v) is 3.17. The number of carbonyl (C=O) groups excluding carboxylic acids is 1. The Balaban J connectivity index is 2.04. The van der Waals surface area contributed by atoms with Gasteiger partial charge in [0.15, 0.2) is 0 Å². The van der Waals surface area contributed by atoms with Crippen LogP contribution >= 0.6 is 0 Å². The summed E-state index contributed by atoms with van der Waals surface area (Å²) in [6, 6.07) is 9.84. The third kappa shape index (κ3) is 5.06. The van der Waals surface area contributed by atoms with E-state index in [2.05, 4.69) is 0 Å². The van der Waals surface area contributed by atoms with Gasteiger partial charge in [0.1, 0.15) is 0 Å². The van der Waals surface area contributed by atoms with Gasteiger partial charge < -0.3 is 14.7 Å². The summed E-state index contributed by atoms with van der Waals surface area (Å²) in [4.78, 5) is 25.9. The highest BCUT2D eigenvalue weighted by molar-refractivity contribution is 5.80. The van der Waals surface area contributed by atoms with E-state index in [9.17, 15) is 14.7 Å². The second-order valence-corrected chi connectivity index (χ2v) is 6.14. The third-order valence-electron chi connectivity index (χ3n) is 4.47. The summed E-state index contributed by atoms with van der Waals surface area (Å²) in [6.45, 7) is 1.55. The van der Waals surface area contributed by atoms with Crippen LogP contribution in [0.1, 0.15) is 31.2 Å². The zero-order chi connectivity index (χ0) is 16.7. The van der Waals surface area contributed by atoms with E-state index in [0.29, 0.717) is 32.5 Å². The molecule has 0 saturated heterocycles. The number of benzene rings is 1. The van der Waals surface area contributed by atoms with Gasteiger partial charge in [-0.05, 0) is 24.8 Å². The van der Waals surface area contributed by atoms with Crippen LogP contribution in [-0.2, 0) is 20.9 Å². The number of hydrogen-bond acceptors (Lipinski definition) is 3. The molecule has 1 aromatic rings. The Hall–Kier alpha value is -1.88. The van der Waals surface area contributed by atoms with Crippen LogP contribution in [0.15, 0.2) is 30.3 Å². The monoisotopic (exact) mass is 319 g/mol. The Morgan fingerprint density at radius 3 is 2.57 bits per heavy atom. The molecule has 2 atom stereocenters. The maximum Gasteiger partial charge on any atom is 0.306 e. The van der Waals surface area contributed by atoms with Crippen LogP contribution in [0.4, 0.5) is 0 Å². The molecule has 0 aliphatic heterocycles. The lowest BCUT2D eigenvalue weighted by molar-refractivity contribution is -0.145. The van der Waals surface area contributed by atoms with Crippen LogP contribution in [0, 0.1) is 11.8 Å². The number of amides is 1. The maximum absolute atomic E-state index is 12.9. The normalized spacial score (nSPS) is 20.9. The zero-order valence-electron chi connectivity index (χ0n) is 13.6. The molecule has 1 saturated carbocycles. The summed E-state index contributed by atoms with van der Waals surface area (Å²) in [6.07, 6.45) is 2.71. The van der Waals surface area contributed by atoms with Crippen molar-refractivity contribution in [3.8, 4) is 0 Å². The van der Waals surface area contributed by atoms with Gasteiger partial charge in [-0.1, -0.05) is 36.8 Å². The Kier molecular flexibility index (Phi) is 6.59. The molecule has 23 heavy (non-hydrogen) atoms. The van der Waals surface area contributed by atoms with Gasteiger partial charge in [0.25, 0.3) is 0 Å². The predicted octanol–water partition coefficient (Wildman–Crippen LogP) is 2.55. The molecule has 1 aromatic carbocycles. The molecule has 0 spiro atoms. The molecule has 5 nitrogen and oxygen atoms in total. The van der Waals surface area contributed by atoms with E-state index < -0.39 is 11.9 Å². The van der Waals surface area contributed by atoms with E-state index in [1.807, 2.05) is 30.3 Å². The molecule has 1 fully saturated rings. The Bertz CT molecular complexity index is 517. The molecule has 0 bridgehead atoms. The predicted molar refractivity (Wildman–Crippen MR) is 86.8 cm³/mol. The Morgan fingerprint density at radius 1 is 1.22 bits per heavy atom. The van der Waals surface area contributed by atoms with Gasteiger partial charge in [-0.2, -0.15) is 0 Å². The smallest absolute Gasteiger partial charge is 0.306 e. The molecule has 1 aliphatic carbocycles. The standard InChI is InChI=1S/C18H25NO4/c1-23-11-10-19(13-14-6-3-2-4-7-14)17(20)15-8-5-9-16(12-15)18(21)22/h2-4,6-7,15-16H,5,8-13H2,1H3,(H,21,22). The van der Waals surface area contributed by atoms with E-state index in [1.54, 1.807) is 12.0 Å². The van der Waals surface area contributed by atoms with Gasteiger partial charge in [-0.3, -0.25) is 9.59 Å². The topological polar surface area (TPSA) is 66.8 Å². The number of aliphatic carboxylic acids is 1. The van der Waals surface area contributed by atoms with Crippen molar-refractivity contribution in [1.82, 2.24) is 4.90 Å². The Labute approximate surface area is 137 Å². The minimum Gasteiger partial charge on any atom is -0.481 e. The number of carboxylic acid groups (broad SMARTS) is 1. The number of hydrogen-bond donors (Lipinski definition) is 1. The van der Waals surface area contributed by atoms with Crippen molar-refractivity contribution in [2.75, 3.05) is 20.3 Å². The molecule has 0 radical (unpaired) electrons. The van der Waals surface area contributed by atoms with E-state index in [0.717, 1.165) is 18.4 Å². The quantitative estimate of drug-likeness (QED) is 0.839. The van der Waals surface area contributed by atoms with E-state index in [1.165, 1.54) is 0 Å². The largest absolute Gasteiger partial charge is 0.481 e. The van der Waals surface area contributed by atoms with Gasteiger partial charge in [0.05, 0.1) is 12.5 Å². The van der Waals surface area contributed by atoms with Crippen molar-refractivity contribution in [3.63, 3.8) is 0 Å². The van der Waals surface area contributed by atoms with Crippen LogP contribution in [0.2, 0.25) is 0 Å². The second kappa shape index (κ2) is 8.67. The maximum atomic E-state index is 12.9. The minimum absolute atomic E-state index is 0.0526. The highest BCUT2D eigenvalue weighted by Crippen LogP contribution is 2.30. The fourth-order valence-electron chi connectivity index (χ4n) is 3.17. The number of methoxy groups -OCH3 is 1. The average molecular weight is 319 g/mol. The van der Waals surface area contributed by atoms with Gasteiger partial charge in [0, 0.05) is 26.1 Å². The van der Waals surface area contributed by atoms with Crippen LogP contribution < -0.4 is 0 Å². The minimum atomic E-state index is -0.783. The number of rotatable bonds is 7. The summed E-state index contributed by atoms with van der Waals surface area (Å²) < 4.78 is 5.12. The number of ether oxygens (including phenoxy) is 1. The van der Waals surface area contributed by atoms with Crippen LogP contribution in [0.5, 0.6) is 0 Å². The Morgan fingerprint density at radius 2 is 1.91 bits per heavy atom. The van der Waals surface area contributed by atoms with Crippen molar-refractivity contribution in [3.05, 3.63) is 35.9 Å². The molecule has 0 aromatic heterocycles. The van der Waals surface area contributed by atoms with Gasteiger partial charge >= 0.3 is 5.97 Å². The first-order valence-corrected chi connectivity index (χ1v) is 8.16. The van der Waals surface area contributed by atoms with E-state index in [-0.39, 0.29) is 11.8 Å². The summed E-state index contributed by atoms with van der Waals surface area (Å²) in [7, 11) is 1.62. The summed E-state index contributed by atoms with van der Waals surface area (Å²) >= 11 is 0. The summed E-state index contributed by atoms with van der Waals surface area (Å²) in [5.74, 6) is -1.31. The molecule has 0 heterocycles. The van der Waals surface area contributed by atoms with Crippen molar-refractivity contribution in [2.24, 2.45) is 11.8 Å². The van der Waals surface area contributed by atoms with E-state index >= 15 is 0 Å². The molecule has 2 rings (SSSR count). The first-order chi connectivity index (χ1) is 11.1. The molecular weight excluding hydrogens is 294 g/mol. The lowest BCUT2D eigenvalue weighted by Crippen LogP contribution is -2.40. The second-order valence-electron chi connectivity index (χ2n) is 6.14. The average Bonchev–Trinajstić information content (AvgIpc) is 2.59. The van der Waals surface area contributed by atoms with Crippen molar-refractivity contribution in [1.29, 1.82) is 0 Å². The highest BCUT2D eigenvalue weighted by atomic mass is 16.5. The fraction of sp³-hybridized carbons (Fsp3) is 0.556. The van der Waals surface area contributed by atoms with E-state index in [4.69, 9.17) is 4.74 Å². The van der Waals surface area contributed by atoms with Crippen molar-refractivity contribution in [2.45, 2.75) is 32.2 Å². The SMILES string of the molecule is COCCN(Cc1ccccc1)C(=O)C1CCCC(C(=O)O)C1. The number of nitrogens with zero attached hydrogens (tertiary/aromatic N) is 1. The third-order valence-corrected chi connectivity index (χ3v) is 4.47. The molecule has 126 valence electrons. The molecule has 1 aliphatic rings. The van der Waals surface area contributed by atoms with Crippen molar-refractivity contribution >= 4 is 11.9 Å². The van der Waals surface area contributed by atoms with Crippen molar-refractivity contribution < 1.29 is 19.4 Å². The summed E-state index contributed by atoms with van der Waals surface area (Å²) in [5.41, 5.74) is 1.07. The zero-order valence-corrected chi connectivity index (χ0v) is 13.6. The van der Waals surface area contributed by atoms with Crippen LogP contribution in [-0.4, -0.2) is 42.1 Å². The number of carbonyl (C=O) groups is 2. The lowest BCUT2D eigenvalue weighted by Gasteiger charge is -2.31. The van der Waals surface area contributed by atoms with Crippen LogP contribution in [0.25, 0.3) is 0 Å². The molecule has 1 amide bonds. The first kappa shape index (κ1) is 17.5. The molecule has 2 unspecified atom stereocenters. The molecular formula is C18H25NO4. The summed E-state index contributed by atoms with van der Waals surface area (Å²) in [5, 5.41) is 9.21. The van der Waals surface area contributed by atoms with Gasteiger partial charge in [-0.25, -0.2) is 0 Å². The lowest BCUT2D eigenvalue weighted by atomic mass is 9.80. The first-order valence-electron chi connectivity index (χ1n) is 8.16. The van der Waals surface area contributed by atoms with Crippen LogP contribution in [0.3, 0.4) is 0 Å². The van der Waals surface area contributed by atoms with Gasteiger partial charge in [-0.15, -0.1) is 0 Å². The number of carboxylic acids is 1. The highest BCUT2D eigenvalue weighted by Gasteiger charge is 2.33. The molecule has 5 heteroatoms.